The monoisotopic (exact) mass is 811 g/mol. The van der Waals surface area contributed by atoms with E-state index in [-0.39, 0.29) is 63.9 Å². The molecule has 2 aromatic carbocycles. The fraction of sp³-hybridized carbons (Fsp3) is 0.432. The lowest BCUT2D eigenvalue weighted by Gasteiger charge is -2.30. The lowest BCUT2D eigenvalue weighted by Crippen LogP contribution is -2.43. The van der Waals surface area contributed by atoms with Crippen molar-refractivity contribution in [3.05, 3.63) is 87.5 Å². The van der Waals surface area contributed by atoms with Crippen LogP contribution in [0.1, 0.15) is 58.6 Å². The van der Waals surface area contributed by atoms with Gasteiger partial charge in [0, 0.05) is 42.7 Å². The van der Waals surface area contributed by atoms with Crippen LogP contribution < -0.4 is 13.8 Å². The van der Waals surface area contributed by atoms with Gasteiger partial charge in [-0.3, -0.25) is 28.5 Å². The highest BCUT2D eigenvalue weighted by molar-refractivity contribution is 7.92. The van der Waals surface area contributed by atoms with Gasteiger partial charge in [-0.15, -0.1) is 0 Å². The second-order valence-electron chi connectivity index (χ2n) is 12.9. The molecule has 0 N–H and O–H groups in total. The number of halogens is 4. The molecule has 292 valence electrons. The summed E-state index contributed by atoms with van der Waals surface area (Å²) in [4.78, 5) is 43.4. The molecule has 54 heavy (non-hydrogen) atoms. The number of hydrogen-bond acceptors (Lipinski definition) is 10. The molecule has 1 saturated heterocycles. The van der Waals surface area contributed by atoms with Crippen molar-refractivity contribution in [2.75, 3.05) is 63.1 Å². The van der Waals surface area contributed by atoms with Crippen LogP contribution in [-0.4, -0.2) is 101 Å². The third-order valence-electron chi connectivity index (χ3n) is 9.05. The Kier molecular flexibility index (Phi) is 13.8. The second kappa shape index (κ2) is 18.1. The molecular weight excluding hydrogens is 771 g/mol. The number of ether oxygens (including phenoxy) is 4. The molecule has 2 aliphatic heterocycles. The molecule has 2 fully saturated rings. The van der Waals surface area contributed by atoms with E-state index in [0.29, 0.717) is 48.9 Å². The van der Waals surface area contributed by atoms with Gasteiger partial charge in [-0.05, 0) is 67.2 Å². The maximum absolute atomic E-state index is 13.6. The Morgan fingerprint density at radius 3 is 2.41 bits per heavy atom. The summed E-state index contributed by atoms with van der Waals surface area (Å²) in [5.41, 5.74) is 0.751. The second-order valence-corrected chi connectivity index (χ2v) is 15.6. The molecule has 0 bridgehead atoms. The number of alkyl halides is 2. The normalized spacial score (nSPS) is 17.6. The molecule has 1 atom stereocenters. The zero-order valence-corrected chi connectivity index (χ0v) is 32.1. The van der Waals surface area contributed by atoms with Crippen molar-refractivity contribution >= 4 is 56.7 Å². The van der Waals surface area contributed by atoms with Gasteiger partial charge in [0.25, 0.3) is 11.8 Å². The molecule has 2 heterocycles. The number of anilines is 1. The molecule has 0 spiro atoms. The largest absolute Gasteiger partial charge is 0.489 e. The molecule has 0 radical (unpaired) electrons. The van der Waals surface area contributed by atoms with Crippen molar-refractivity contribution < 1.29 is 50.5 Å². The Labute approximate surface area is 322 Å². The topological polar surface area (TPSA) is 132 Å². The number of carbonyl (C=O) groups excluding carboxylic acids is 3. The minimum atomic E-state index is -3.78. The summed E-state index contributed by atoms with van der Waals surface area (Å²) < 4.78 is 75.0. The first-order chi connectivity index (χ1) is 25.7. The molecule has 3 aliphatic rings. The van der Waals surface area contributed by atoms with Crippen molar-refractivity contribution in [1.82, 2.24) is 9.80 Å². The van der Waals surface area contributed by atoms with Crippen molar-refractivity contribution in [2.24, 2.45) is 5.92 Å². The lowest BCUT2D eigenvalue weighted by atomic mass is 9.99. The van der Waals surface area contributed by atoms with Gasteiger partial charge in [0.2, 0.25) is 10.0 Å². The lowest BCUT2D eigenvalue weighted by molar-refractivity contribution is -0.149. The first-order valence-electron chi connectivity index (χ1n) is 17.2. The van der Waals surface area contributed by atoms with Crippen LogP contribution in [-0.2, 0) is 24.3 Å². The summed E-state index contributed by atoms with van der Waals surface area (Å²) in [6.07, 6.45) is 4.57. The van der Waals surface area contributed by atoms with Gasteiger partial charge < -0.3 is 18.9 Å². The number of hydrogen-bond donors (Lipinski definition) is 0. The molecule has 1 saturated carbocycles. The van der Waals surface area contributed by atoms with E-state index in [1.807, 2.05) is 0 Å². The van der Waals surface area contributed by atoms with Gasteiger partial charge in [0.05, 0.1) is 42.9 Å². The average Bonchev–Trinajstić information content (AvgIpc) is 3.95. The fourth-order valence-corrected chi connectivity index (χ4v) is 7.30. The van der Waals surface area contributed by atoms with E-state index in [2.05, 4.69) is 16.2 Å². The molecule has 0 aromatic heterocycles. The molecule has 0 unspecified atom stereocenters. The third-order valence-corrected chi connectivity index (χ3v) is 11.1. The summed E-state index contributed by atoms with van der Waals surface area (Å²) in [7, 11) is -3.78. The predicted octanol–water partition coefficient (Wildman–Crippen LogP) is 6.27. The number of esters is 1. The number of imide groups is 1. The van der Waals surface area contributed by atoms with Gasteiger partial charge in [0.1, 0.15) is 12.6 Å². The SMILES string of the molecule is C=C/C(Cl)=C(C[C@H](OC(=O)CN1C(=O)c2ccc(N(CCN3CCOCC3)S(C)(=O)=O)cc2C1=O)c1ccc(OC(F)F)c(OCC2CC2)c1)\C(Cl)=C/C. The van der Waals surface area contributed by atoms with Crippen LogP contribution in [0.3, 0.4) is 0 Å². The molecule has 2 aromatic rings. The van der Waals surface area contributed by atoms with Crippen molar-refractivity contribution in [3.8, 4) is 11.5 Å². The Hall–Kier alpha value is -4.02. The number of benzene rings is 2. The maximum Gasteiger partial charge on any atom is 0.387 e. The van der Waals surface area contributed by atoms with E-state index in [9.17, 15) is 31.6 Å². The Bertz CT molecular complexity index is 1930. The molecule has 17 heteroatoms. The number of nitrogens with zero attached hydrogens (tertiary/aromatic N) is 3. The quantitative estimate of drug-likeness (QED) is 0.0965. The van der Waals surface area contributed by atoms with Gasteiger partial charge in [-0.1, -0.05) is 48.0 Å². The molecule has 12 nitrogen and oxygen atoms in total. The van der Waals surface area contributed by atoms with Crippen LogP contribution in [0.5, 0.6) is 11.5 Å². The highest BCUT2D eigenvalue weighted by Crippen LogP contribution is 2.39. The van der Waals surface area contributed by atoms with Crippen LogP contribution >= 0.6 is 23.2 Å². The first kappa shape index (κ1) is 41.1. The smallest absolute Gasteiger partial charge is 0.387 e. The Morgan fingerprint density at radius 2 is 1.78 bits per heavy atom. The first-order valence-corrected chi connectivity index (χ1v) is 19.8. The Morgan fingerprint density at radius 1 is 1.07 bits per heavy atom. The maximum atomic E-state index is 13.6. The average molecular weight is 813 g/mol. The van der Waals surface area contributed by atoms with Gasteiger partial charge in [-0.25, -0.2) is 8.42 Å². The number of morpholine rings is 1. The summed E-state index contributed by atoms with van der Waals surface area (Å²) in [5, 5.41) is 0.388. The van der Waals surface area contributed by atoms with Crippen LogP contribution in [0.15, 0.2) is 70.8 Å². The third kappa shape index (κ3) is 10.4. The summed E-state index contributed by atoms with van der Waals surface area (Å²) >= 11 is 12.9. The molecule has 5 rings (SSSR count). The summed E-state index contributed by atoms with van der Waals surface area (Å²) in [6, 6.07) is 8.21. The van der Waals surface area contributed by atoms with Gasteiger partial charge >= 0.3 is 12.6 Å². The van der Waals surface area contributed by atoms with Crippen LogP contribution in [0.2, 0.25) is 0 Å². The van der Waals surface area contributed by atoms with Crippen molar-refractivity contribution in [2.45, 2.75) is 38.9 Å². The minimum Gasteiger partial charge on any atom is -0.489 e. The molecule has 2 amide bonds. The van der Waals surface area contributed by atoms with E-state index < -0.39 is 47.1 Å². The highest BCUT2D eigenvalue weighted by Gasteiger charge is 2.39. The number of fused-ring (bicyclic) bond motifs is 1. The number of sulfonamides is 1. The Balaban J connectivity index is 1.39. The highest BCUT2D eigenvalue weighted by atomic mass is 35.5. The summed E-state index contributed by atoms with van der Waals surface area (Å²) in [5.74, 6) is -2.52. The van der Waals surface area contributed by atoms with E-state index >= 15 is 0 Å². The number of rotatable bonds is 18. The van der Waals surface area contributed by atoms with Crippen LogP contribution in [0.4, 0.5) is 14.5 Å². The van der Waals surface area contributed by atoms with E-state index in [0.717, 1.165) is 23.4 Å². The molecule has 1 aliphatic carbocycles. The number of allylic oxidation sites excluding steroid dienone is 4. The molecular formula is C37H41Cl2F2N3O9S. The zero-order chi connectivity index (χ0) is 39.2. The van der Waals surface area contributed by atoms with Gasteiger partial charge in [-0.2, -0.15) is 8.78 Å². The van der Waals surface area contributed by atoms with Crippen LogP contribution in [0.25, 0.3) is 0 Å². The predicted molar refractivity (Wildman–Crippen MR) is 199 cm³/mol. The number of carbonyl (C=O) groups is 3. The van der Waals surface area contributed by atoms with Crippen molar-refractivity contribution in [1.29, 1.82) is 0 Å². The van der Waals surface area contributed by atoms with Gasteiger partial charge in [0.15, 0.2) is 11.5 Å². The summed E-state index contributed by atoms with van der Waals surface area (Å²) in [6.45, 7) is 4.60. The standard InChI is InChI=1S/C37H41Cl2F2N3O9S/c1-4-29(38)28(30(39)5-2)20-32(24-8-11-31(53-37(40)41)33(18-24)51-22-23-6-7-23)52-34(45)21-43-35(46)26-10-9-25(19-27(26)36(43)47)44(54(3,48)49)13-12-42-14-16-50-17-15-42/h4-5,8-11,18-19,23,32,37H,1,6-7,12-17,20-22H2,2-3H3/b29-28+,30-5+/t32-/m0/s1. The van der Waals surface area contributed by atoms with Crippen molar-refractivity contribution in [3.63, 3.8) is 0 Å². The number of amides is 2. The zero-order valence-electron chi connectivity index (χ0n) is 29.8. The minimum absolute atomic E-state index is 0.00228. The van der Waals surface area contributed by atoms with Crippen LogP contribution in [0, 0.1) is 5.92 Å². The van der Waals surface area contributed by atoms with E-state index in [4.69, 9.17) is 37.4 Å². The van der Waals surface area contributed by atoms with E-state index in [1.165, 1.54) is 42.5 Å². The fourth-order valence-electron chi connectivity index (χ4n) is 5.99. The van der Waals surface area contributed by atoms with E-state index in [1.54, 1.807) is 13.0 Å².